The van der Waals surface area contributed by atoms with E-state index in [2.05, 4.69) is 0 Å². The number of benzene rings is 1. The van der Waals surface area contributed by atoms with Crippen LogP contribution in [-0.2, 0) is 0 Å². The summed E-state index contributed by atoms with van der Waals surface area (Å²) in [5.74, 6) is -0.763. The van der Waals surface area contributed by atoms with E-state index in [9.17, 15) is 14.3 Å². The third kappa shape index (κ3) is 3.42. The number of rotatable bonds is 4. The van der Waals surface area contributed by atoms with E-state index < -0.39 is 5.82 Å². The SMILES string of the molecule is CC(C)/C=C(/C(=O)c1cc(F)ccc1O)C(C)C. The Labute approximate surface area is 107 Å². The fourth-order valence-corrected chi connectivity index (χ4v) is 1.74. The molecule has 0 unspecified atom stereocenters. The molecule has 1 aromatic carbocycles. The molecule has 1 aromatic rings. The van der Waals surface area contributed by atoms with Crippen LogP contribution in [0.15, 0.2) is 29.8 Å². The molecule has 0 amide bonds. The average Bonchev–Trinajstić information content (AvgIpc) is 2.27. The van der Waals surface area contributed by atoms with Crippen LogP contribution in [0.2, 0.25) is 0 Å². The number of carbonyl (C=O) groups is 1. The molecule has 0 fully saturated rings. The lowest BCUT2D eigenvalue weighted by molar-refractivity contribution is 0.102. The fourth-order valence-electron chi connectivity index (χ4n) is 1.74. The Kier molecular flexibility index (Phi) is 4.65. The summed E-state index contributed by atoms with van der Waals surface area (Å²) in [6, 6.07) is 3.41. The van der Waals surface area contributed by atoms with Gasteiger partial charge in [-0.15, -0.1) is 0 Å². The Hall–Kier alpha value is -1.64. The third-order valence-corrected chi connectivity index (χ3v) is 2.60. The smallest absolute Gasteiger partial charge is 0.192 e. The first-order chi connectivity index (χ1) is 8.32. The van der Waals surface area contributed by atoms with Crippen LogP contribution in [0.4, 0.5) is 4.39 Å². The van der Waals surface area contributed by atoms with E-state index in [1.807, 2.05) is 33.8 Å². The van der Waals surface area contributed by atoms with Gasteiger partial charge in [0.2, 0.25) is 0 Å². The van der Waals surface area contributed by atoms with Crippen molar-refractivity contribution in [3.8, 4) is 5.75 Å². The molecule has 3 heteroatoms. The molecule has 2 nitrogen and oxygen atoms in total. The minimum atomic E-state index is -0.524. The molecular formula is C15H19FO2. The molecule has 0 heterocycles. The Morgan fingerprint density at radius 2 is 1.89 bits per heavy atom. The van der Waals surface area contributed by atoms with Crippen LogP contribution in [-0.4, -0.2) is 10.9 Å². The van der Waals surface area contributed by atoms with E-state index in [1.54, 1.807) is 0 Å². The van der Waals surface area contributed by atoms with Gasteiger partial charge >= 0.3 is 0 Å². The van der Waals surface area contributed by atoms with E-state index in [1.165, 1.54) is 6.07 Å². The quantitative estimate of drug-likeness (QED) is 0.649. The minimum Gasteiger partial charge on any atom is -0.507 e. The fraction of sp³-hybridized carbons (Fsp3) is 0.400. The lowest BCUT2D eigenvalue weighted by atomic mass is 9.91. The number of ketones is 1. The molecule has 0 aliphatic rings. The average molecular weight is 250 g/mol. The van der Waals surface area contributed by atoms with Gasteiger partial charge in [-0.25, -0.2) is 4.39 Å². The largest absolute Gasteiger partial charge is 0.507 e. The van der Waals surface area contributed by atoms with Crippen molar-refractivity contribution in [2.45, 2.75) is 27.7 Å². The molecule has 0 saturated heterocycles. The van der Waals surface area contributed by atoms with E-state index >= 15 is 0 Å². The maximum atomic E-state index is 13.2. The number of Topliss-reactive ketones (excluding diaryl/α,β-unsaturated/α-hetero) is 1. The van der Waals surface area contributed by atoms with E-state index in [0.29, 0.717) is 5.57 Å². The van der Waals surface area contributed by atoms with Crippen LogP contribution in [0.5, 0.6) is 5.75 Å². The van der Waals surface area contributed by atoms with Crippen LogP contribution in [0, 0.1) is 17.7 Å². The summed E-state index contributed by atoms with van der Waals surface area (Å²) in [5, 5.41) is 9.66. The zero-order chi connectivity index (χ0) is 13.9. The second kappa shape index (κ2) is 5.80. The van der Waals surface area contributed by atoms with Crippen LogP contribution in [0.3, 0.4) is 0 Å². The van der Waals surface area contributed by atoms with Crippen molar-refractivity contribution in [1.29, 1.82) is 0 Å². The zero-order valence-electron chi connectivity index (χ0n) is 11.2. The van der Waals surface area contributed by atoms with Gasteiger partial charge in [0, 0.05) is 0 Å². The van der Waals surface area contributed by atoms with Crippen LogP contribution in [0.25, 0.3) is 0 Å². The first-order valence-corrected chi connectivity index (χ1v) is 6.07. The van der Waals surface area contributed by atoms with Gasteiger partial charge in [-0.3, -0.25) is 4.79 Å². The van der Waals surface area contributed by atoms with Gasteiger partial charge in [-0.05, 0) is 35.6 Å². The molecule has 1 N–H and O–H groups in total. The second-order valence-electron chi connectivity index (χ2n) is 5.01. The highest BCUT2D eigenvalue weighted by atomic mass is 19.1. The number of aromatic hydroxyl groups is 1. The molecule has 0 saturated carbocycles. The van der Waals surface area contributed by atoms with Crippen molar-refractivity contribution < 1.29 is 14.3 Å². The number of carbonyl (C=O) groups excluding carboxylic acids is 1. The molecule has 0 aliphatic heterocycles. The molecule has 18 heavy (non-hydrogen) atoms. The summed E-state index contributed by atoms with van der Waals surface area (Å²) in [6.45, 7) is 7.76. The Morgan fingerprint density at radius 1 is 1.28 bits per heavy atom. The third-order valence-electron chi connectivity index (χ3n) is 2.60. The molecule has 1 rings (SSSR count). The predicted molar refractivity (Wildman–Crippen MR) is 70.2 cm³/mol. The number of hydrogen-bond acceptors (Lipinski definition) is 2. The van der Waals surface area contributed by atoms with Gasteiger partial charge in [-0.1, -0.05) is 33.8 Å². The van der Waals surface area contributed by atoms with Crippen molar-refractivity contribution in [2.24, 2.45) is 11.8 Å². The van der Waals surface area contributed by atoms with E-state index in [0.717, 1.165) is 12.1 Å². The molecule has 0 bridgehead atoms. The highest BCUT2D eigenvalue weighted by Crippen LogP contribution is 2.25. The summed E-state index contributed by atoms with van der Waals surface area (Å²) in [4.78, 5) is 12.3. The predicted octanol–water partition coefficient (Wildman–Crippen LogP) is 3.95. The number of allylic oxidation sites excluding steroid dienone is 2. The van der Waals surface area contributed by atoms with Crippen molar-refractivity contribution in [1.82, 2.24) is 0 Å². The van der Waals surface area contributed by atoms with Gasteiger partial charge in [0.15, 0.2) is 5.78 Å². The van der Waals surface area contributed by atoms with Crippen molar-refractivity contribution >= 4 is 5.78 Å². The van der Waals surface area contributed by atoms with Crippen molar-refractivity contribution in [3.63, 3.8) is 0 Å². The monoisotopic (exact) mass is 250 g/mol. The van der Waals surface area contributed by atoms with Gasteiger partial charge in [-0.2, -0.15) is 0 Å². The van der Waals surface area contributed by atoms with Crippen LogP contribution >= 0.6 is 0 Å². The number of halogens is 1. The lowest BCUT2D eigenvalue weighted by Gasteiger charge is -2.13. The highest BCUT2D eigenvalue weighted by molar-refractivity contribution is 6.10. The summed E-state index contributed by atoms with van der Waals surface area (Å²) >= 11 is 0. The van der Waals surface area contributed by atoms with Crippen LogP contribution in [0.1, 0.15) is 38.1 Å². The first-order valence-electron chi connectivity index (χ1n) is 6.07. The summed E-state index contributed by atoms with van der Waals surface area (Å²) in [5.41, 5.74) is 0.626. The first kappa shape index (κ1) is 14.4. The Balaban J connectivity index is 3.22. The molecule has 0 aliphatic carbocycles. The summed E-state index contributed by atoms with van der Waals surface area (Å²) in [7, 11) is 0. The molecule has 0 radical (unpaired) electrons. The Morgan fingerprint density at radius 3 is 2.39 bits per heavy atom. The van der Waals surface area contributed by atoms with Gasteiger partial charge < -0.3 is 5.11 Å². The van der Waals surface area contributed by atoms with Crippen molar-refractivity contribution in [2.75, 3.05) is 0 Å². The summed E-state index contributed by atoms with van der Waals surface area (Å²) in [6.07, 6.45) is 1.86. The normalized spacial score (nSPS) is 12.3. The molecule has 0 atom stereocenters. The van der Waals surface area contributed by atoms with Gasteiger partial charge in [0.05, 0.1) is 5.56 Å². The highest BCUT2D eigenvalue weighted by Gasteiger charge is 2.19. The van der Waals surface area contributed by atoms with Crippen molar-refractivity contribution in [3.05, 3.63) is 41.2 Å². The van der Waals surface area contributed by atoms with Gasteiger partial charge in [0.25, 0.3) is 0 Å². The van der Waals surface area contributed by atoms with Gasteiger partial charge in [0.1, 0.15) is 11.6 Å². The topological polar surface area (TPSA) is 37.3 Å². The van der Waals surface area contributed by atoms with E-state index in [4.69, 9.17) is 0 Å². The molecule has 98 valence electrons. The number of hydrogen-bond donors (Lipinski definition) is 1. The molecule has 0 aromatic heterocycles. The lowest BCUT2D eigenvalue weighted by Crippen LogP contribution is -2.11. The second-order valence-corrected chi connectivity index (χ2v) is 5.01. The molecular weight excluding hydrogens is 231 g/mol. The zero-order valence-corrected chi connectivity index (χ0v) is 11.2. The maximum Gasteiger partial charge on any atom is 0.192 e. The molecule has 0 spiro atoms. The standard InChI is InChI=1S/C15H19FO2/c1-9(2)7-12(10(3)4)15(18)13-8-11(16)5-6-14(13)17/h5-10,17H,1-4H3/b12-7+. The number of phenols is 1. The Bertz CT molecular complexity index is 473. The van der Waals surface area contributed by atoms with Crippen LogP contribution < -0.4 is 0 Å². The minimum absolute atomic E-state index is 0.0237. The number of phenolic OH excluding ortho intramolecular Hbond substituents is 1. The maximum absolute atomic E-state index is 13.2. The van der Waals surface area contributed by atoms with E-state index in [-0.39, 0.29) is 28.9 Å². The summed E-state index contributed by atoms with van der Waals surface area (Å²) < 4.78 is 13.2.